The Bertz CT molecular complexity index is 871. The van der Waals surface area contributed by atoms with Crippen molar-refractivity contribution >= 4 is 17.5 Å². The number of carbonyl (C=O) groups excluding carboxylic acids is 2. The van der Waals surface area contributed by atoms with Gasteiger partial charge in [0.25, 0.3) is 0 Å². The minimum Gasteiger partial charge on any atom is -0.372 e. The Morgan fingerprint density at radius 1 is 1.17 bits per heavy atom. The van der Waals surface area contributed by atoms with E-state index in [0.29, 0.717) is 31.7 Å². The number of carbonyl (C=O) groups is 2. The zero-order valence-corrected chi connectivity index (χ0v) is 17.0. The van der Waals surface area contributed by atoms with Crippen molar-refractivity contribution < 1.29 is 14.0 Å². The molecule has 0 saturated carbocycles. The number of hydrogen-bond donors (Lipinski definition) is 1. The Balaban J connectivity index is 1.52. The first kappa shape index (κ1) is 20.8. The SMILES string of the molecule is CC(=O)N1CCc2ccccc2C1CC(=O)NCCCN(C)c1ccccc1F. The molecule has 1 aliphatic rings. The van der Waals surface area contributed by atoms with Crippen molar-refractivity contribution in [2.24, 2.45) is 0 Å². The van der Waals surface area contributed by atoms with Crippen LogP contribution < -0.4 is 10.2 Å². The summed E-state index contributed by atoms with van der Waals surface area (Å²) in [5.41, 5.74) is 2.81. The molecule has 0 fully saturated rings. The van der Waals surface area contributed by atoms with Crippen molar-refractivity contribution in [3.8, 4) is 0 Å². The predicted octanol–water partition coefficient (Wildman–Crippen LogP) is 3.30. The van der Waals surface area contributed by atoms with Crippen LogP contribution in [0, 0.1) is 5.82 Å². The van der Waals surface area contributed by atoms with Gasteiger partial charge >= 0.3 is 0 Å². The number of benzene rings is 2. The summed E-state index contributed by atoms with van der Waals surface area (Å²) in [7, 11) is 1.84. The highest BCUT2D eigenvalue weighted by Gasteiger charge is 2.30. The topological polar surface area (TPSA) is 52.7 Å². The van der Waals surface area contributed by atoms with Crippen LogP contribution in [-0.2, 0) is 16.0 Å². The molecule has 0 spiro atoms. The fourth-order valence-corrected chi connectivity index (χ4v) is 3.92. The highest BCUT2D eigenvalue weighted by atomic mass is 19.1. The Morgan fingerprint density at radius 2 is 1.90 bits per heavy atom. The summed E-state index contributed by atoms with van der Waals surface area (Å²) in [6.45, 7) is 3.33. The van der Waals surface area contributed by atoms with E-state index in [2.05, 4.69) is 11.4 Å². The summed E-state index contributed by atoms with van der Waals surface area (Å²) >= 11 is 0. The molecule has 0 aliphatic carbocycles. The van der Waals surface area contributed by atoms with Crippen LogP contribution in [0.4, 0.5) is 10.1 Å². The number of nitrogens with zero attached hydrogens (tertiary/aromatic N) is 2. The van der Waals surface area contributed by atoms with Crippen LogP contribution >= 0.6 is 0 Å². The van der Waals surface area contributed by atoms with Gasteiger partial charge in [0.15, 0.2) is 0 Å². The van der Waals surface area contributed by atoms with Crippen molar-refractivity contribution in [1.82, 2.24) is 10.2 Å². The molecule has 1 atom stereocenters. The Hall–Kier alpha value is -2.89. The molecule has 1 N–H and O–H groups in total. The van der Waals surface area contributed by atoms with Crippen molar-refractivity contribution in [1.29, 1.82) is 0 Å². The molecular weight excluding hydrogens is 369 g/mol. The van der Waals surface area contributed by atoms with Crippen LogP contribution in [0.5, 0.6) is 0 Å². The average Bonchev–Trinajstić information content (AvgIpc) is 2.71. The van der Waals surface area contributed by atoms with Crippen LogP contribution in [0.25, 0.3) is 0 Å². The van der Waals surface area contributed by atoms with Gasteiger partial charge in [-0.05, 0) is 36.1 Å². The fourth-order valence-electron chi connectivity index (χ4n) is 3.92. The quantitative estimate of drug-likeness (QED) is 0.730. The van der Waals surface area contributed by atoms with Gasteiger partial charge in [0, 0.05) is 33.6 Å². The largest absolute Gasteiger partial charge is 0.372 e. The minimum atomic E-state index is -0.251. The van der Waals surface area contributed by atoms with E-state index < -0.39 is 0 Å². The van der Waals surface area contributed by atoms with Crippen LogP contribution in [-0.4, -0.2) is 43.4 Å². The molecule has 1 aliphatic heterocycles. The van der Waals surface area contributed by atoms with Gasteiger partial charge in [-0.3, -0.25) is 9.59 Å². The molecule has 0 saturated heterocycles. The third kappa shape index (κ3) is 5.13. The molecule has 154 valence electrons. The van der Waals surface area contributed by atoms with Gasteiger partial charge in [0.2, 0.25) is 11.8 Å². The lowest BCUT2D eigenvalue weighted by Gasteiger charge is -2.36. The van der Waals surface area contributed by atoms with Crippen molar-refractivity contribution in [3.63, 3.8) is 0 Å². The van der Waals surface area contributed by atoms with Crippen LogP contribution in [0.2, 0.25) is 0 Å². The molecule has 0 aromatic heterocycles. The molecule has 3 rings (SSSR count). The van der Waals surface area contributed by atoms with Crippen LogP contribution in [0.15, 0.2) is 48.5 Å². The first-order chi connectivity index (χ1) is 14.0. The third-order valence-electron chi connectivity index (χ3n) is 5.45. The zero-order valence-electron chi connectivity index (χ0n) is 17.0. The lowest BCUT2D eigenvalue weighted by atomic mass is 9.90. The maximum Gasteiger partial charge on any atom is 0.222 e. The van der Waals surface area contributed by atoms with Gasteiger partial charge in [0.05, 0.1) is 18.2 Å². The summed E-state index contributed by atoms with van der Waals surface area (Å²) in [6, 6.07) is 14.4. The maximum atomic E-state index is 13.8. The van der Waals surface area contributed by atoms with Crippen molar-refractivity contribution in [2.45, 2.75) is 32.2 Å². The molecule has 2 aromatic carbocycles. The van der Waals surface area contributed by atoms with E-state index in [9.17, 15) is 14.0 Å². The van der Waals surface area contributed by atoms with E-state index >= 15 is 0 Å². The van der Waals surface area contributed by atoms with Crippen LogP contribution in [0.3, 0.4) is 0 Å². The minimum absolute atomic E-state index is 0.0104. The van der Waals surface area contributed by atoms with Gasteiger partial charge in [-0.1, -0.05) is 36.4 Å². The molecule has 5 nitrogen and oxygen atoms in total. The lowest BCUT2D eigenvalue weighted by molar-refractivity contribution is -0.133. The number of anilines is 1. The predicted molar refractivity (Wildman–Crippen MR) is 112 cm³/mol. The van der Waals surface area contributed by atoms with Gasteiger partial charge in [0.1, 0.15) is 5.82 Å². The van der Waals surface area contributed by atoms with E-state index in [0.717, 1.165) is 12.0 Å². The number of para-hydroxylation sites is 1. The molecule has 6 heteroatoms. The molecule has 2 aromatic rings. The van der Waals surface area contributed by atoms with E-state index in [1.807, 2.05) is 30.1 Å². The van der Waals surface area contributed by atoms with Gasteiger partial charge in [-0.15, -0.1) is 0 Å². The number of rotatable bonds is 7. The third-order valence-corrected chi connectivity index (χ3v) is 5.45. The summed E-state index contributed by atoms with van der Waals surface area (Å²) in [6.07, 6.45) is 1.77. The Kier molecular flexibility index (Phi) is 6.86. The first-order valence-corrected chi connectivity index (χ1v) is 10.0. The smallest absolute Gasteiger partial charge is 0.222 e. The normalized spacial score (nSPS) is 15.6. The number of hydrogen-bond acceptors (Lipinski definition) is 3. The molecule has 29 heavy (non-hydrogen) atoms. The summed E-state index contributed by atoms with van der Waals surface area (Å²) in [5, 5.41) is 2.94. The van der Waals surface area contributed by atoms with Gasteiger partial charge in [-0.25, -0.2) is 4.39 Å². The number of halogens is 1. The van der Waals surface area contributed by atoms with E-state index in [4.69, 9.17) is 0 Å². The Morgan fingerprint density at radius 3 is 2.66 bits per heavy atom. The second-order valence-corrected chi connectivity index (χ2v) is 7.46. The van der Waals surface area contributed by atoms with Gasteiger partial charge in [-0.2, -0.15) is 0 Å². The van der Waals surface area contributed by atoms with Gasteiger partial charge < -0.3 is 15.1 Å². The summed E-state index contributed by atoms with van der Waals surface area (Å²) in [4.78, 5) is 28.2. The lowest BCUT2D eigenvalue weighted by Crippen LogP contribution is -2.41. The second kappa shape index (κ2) is 9.54. The van der Waals surface area contributed by atoms with Crippen LogP contribution in [0.1, 0.15) is 36.9 Å². The summed E-state index contributed by atoms with van der Waals surface area (Å²) in [5.74, 6) is -0.338. The number of amides is 2. The highest BCUT2D eigenvalue weighted by Crippen LogP contribution is 2.32. The number of nitrogens with one attached hydrogen (secondary N) is 1. The monoisotopic (exact) mass is 397 g/mol. The summed E-state index contributed by atoms with van der Waals surface area (Å²) < 4.78 is 13.8. The van der Waals surface area contributed by atoms with Crippen molar-refractivity contribution in [2.75, 3.05) is 31.6 Å². The van der Waals surface area contributed by atoms with E-state index in [-0.39, 0.29) is 30.1 Å². The Labute approximate surface area is 171 Å². The zero-order chi connectivity index (χ0) is 20.8. The van der Waals surface area contributed by atoms with E-state index in [1.165, 1.54) is 11.6 Å². The maximum absolute atomic E-state index is 13.8. The van der Waals surface area contributed by atoms with E-state index in [1.54, 1.807) is 30.0 Å². The standard InChI is InChI=1S/C23H28FN3O2/c1-17(28)27-15-12-18-8-3-4-9-19(18)22(27)16-23(29)25-13-7-14-26(2)21-11-6-5-10-20(21)24/h3-6,8-11,22H,7,12-16H2,1-2H3,(H,25,29). The fraction of sp³-hybridized carbons (Fsp3) is 0.391. The molecule has 0 radical (unpaired) electrons. The highest BCUT2D eigenvalue weighted by molar-refractivity contribution is 5.79. The molecule has 0 bridgehead atoms. The number of fused-ring (bicyclic) bond motifs is 1. The molecular formula is C23H28FN3O2. The molecule has 2 amide bonds. The molecule has 1 heterocycles. The molecule has 1 unspecified atom stereocenters. The first-order valence-electron chi connectivity index (χ1n) is 10.0. The van der Waals surface area contributed by atoms with Crippen molar-refractivity contribution in [3.05, 3.63) is 65.5 Å². The second-order valence-electron chi connectivity index (χ2n) is 7.46. The average molecular weight is 397 g/mol.